The van der Waals surface area contributed by atoms with Crippen LogP contribution < -0.4 is 20.5 Å². The van der Waals surface area contributed by atoms with Gasteiger partial charge < -0.3 is 20.5 Å². The zero-order chi connectivity index (χ0) is 22.3. The van der Waals surface area contributed by atoms with Crippen molar-refractivity contribution in [3.63, 3.8) is 0 Å². The Morgan fingerprint density at radius 3 is 2.35 bits per heavy atom. The zero-order valence-corrected chi connectivity index (χ0v) is 16.9. The minimum absolute atomic E-state index is 0.0250. The van der Waals surface area contributed by atoms with Crippen molar-refractivity contribution in [3.8, 4) is 11.5 Å². The number of aromatic nitrogens is 4. The van der Waals surface area contributed by atoms with Gasteiger partial charge in [-0.1, -0.05) is 0 Å². The summed E-state index contributed by atoms with van der Waals surface area (Å²) < 4.78 is 51.9. The molecule has 0 unspecified atom stereocenters. The van der Waals surface area contributed by atoms with Gasteiger partial charge in [0.2, 0.25) is 0 Å². The molecule has 162 valence electrons. The van der Waals surface area contributed by atoms with E-state index < -0.39 is 17.8 Å². The van der Waals surface area contributed by atoms with E-state index in [1.807, 2.05) is 0 Å². The van der Waals surface area contributed by atoms with E-state index in [1.165, 1.54) is 31.1 Å². The van der Waals surface area contributed by atoms with Gasteiger partial charge in [0.05, 0.1) is 25.8 Å². The van der Waals surface area contributed by atoms with Crippen molar-refractivity contribution in [1.82, 2.24) is 19.8 Å². The molecule has 0 radical (unpaired) electrons. The van der Waals surface area contributed by atoms with Crippen LogP contribution in [0.3, 0.4) is 0 Å². The molecule has 0 amide bonds. The Hall–Kier alpha value is -3.76. The van der Waals surface area contributed by atoms with E-state index in [0.29, 0.717) is 39.3 Å². The van der Waals surface area contributed by atoms with E-state index >= 15 is 0 Å². The lowest BCUT2D eigenvalue weighted by atomic mass is 10.0. The number of rotatable bonds is 5. The summed E-state index contributed by atoms with van der Waals surface area (Å²) in [7, 11) is 3.03. The number of halogens is 3. The van der Waals surface area contributed by atoms with Gasteiger partial charge in [-0.2, -0.15) is 17.7 Å². The topological polar surface area (TPSA) is 99.6 Å². The second kappa shape index (κ2) is 7.49. The predicted molar refractivity (Wildman–Crippen MR) is 109 cm³/mol. The monoisotopic (exact) mass is 432 g/mol. The van der Waals surface area contributed by atoms with Crippen LogP contribution in [0.5, 0.6) is 11.5 Å². The number of nitrogens with one attached hydrogen (secondary N) is 1. The predicted octanol–water partition coefficient (Wildman–Crippen LogP) is 4.07. The molecule has 2 aromatic heterocycles. The molecule has 4 aromatic rings. The van der Waals surface area contributed by atoms with Gasteiger partial charge in [-0.25, -0.2) is 0 Å². The molecule has 0 bridgehead atoms. The van der Waals surface area contributed by atoms with Gasteiger partial charge in [0.1, 0.15) is 6.33 Å². The number of nitrogens with two attached hydrogens (primary N) is 1. The summed E-state index contributed by atoms with van der Waals surface area (Å²) in [5, 5.41) is 17.0. The molecule has 0 spiro atoms. The Bertz CT molecular complexity index is 1270. The first kappa shape index (κ1) is 20.5. The molecule has 0 fully saturated rings. The number of anilines is 2. The van der Waals surface area contributed by atoms with Gasteiger partial charge in [0, 0.05) is 16.5 Å². The fourth-order valence-electron chi connectivity index (χ4n) is 3.39. The van der Waals surface area contributed by atoms with E-state index in [4.69, 9.17) is 15.2 Å². The number of methoxy groups -OCH3 is 2. The number of nitrogens with zero attached hydrogens (tertiary/aromatic N) is 4. The van der Waals surface area contributed by atoms with Crippen molar-refractivity contribution in [2.45, 2.75) is 19.1 Å². The maximum atomic E-state index is 13.2. The second-order valence-electron chi connectivity index (χ2n) is 6.95. The lowest BCUT2D eigenvalue weighted by molar-refractivity contribution is -0.137. The van der Waals surface area contributed by atoms with Crippen LogP contribution in [0.4, 0.5) is 24.7 Å². The quantitative estimate of drug-likeness (QED) is 0.459. The molecule has 8 nitrogen and oxygen atoms in total. The molecule has 11 heteroatoms. The van der Waals surface area contributed by atoms with Crippen molar-refractivity contribution in [3.05, 3.63) is 47.8 Å². The Morgan fingerprint density at radius 1 is 1.03 bits per heavy atom. The van der Waals surface area contributed by atoms with E-state index in [1.54, 1.807) is 19.1 Å². The zero-order valence-electron chi connectivity index (χ0n) is 16.9. The highest BCUT2D eigenvalue weighted by atomic mass is 19.4. The minimum atomic E-state index is -4.50. The van der Waals surface area contributed by atoms with E-state index in [9.17, 15) is 13.2 Å². The summed E-state index contributed by atoms with van der Waals surface area (Å²) in [4.78, 5) is 0. The fourth-order valence-corrected chi connectivity index (χ4v) is 3.39. The third kappa shape index (κ3) is 3.74. The molecular formula is C20H19F3N6O2. The third-order valence-corrected chi connectivity index (χ3v) is 4.92. The van der Waals surface area contributed by atoms with Crippen molar-refractivity contribution in [2.24, 2.45) is 0 Å². The van der Waals surface area contributed by atoms with Crippen LogP contribution in [-0.4, -0.2) is 34.0 Å². The number of hydrogen-bond acceptors (Lipinski definition) is 7. The lowest BCUT2D eigenvalue weighted by Crippen LogP contribution is -2.13. The van der Waals surface area contributed by atoms with Gasteiger partial charge in [0.15, 0.2) is 23.0 Å². The highest BCUT2D eigenvalue weighted by Crippen LogP contribution is 2.38. The van der Waals surface area contributed by atoms with Crippen LogP contribution in [0.15, 0.2) is 36.7 Å². The van der Waals surface area contributed by atoms with Crippen LogP contribution in [0.2, 0.25) is 0 Å². The molecular weight excluding hydrogens is 413 g/mol. The summed E-state index contributed by atoms with van der Waals surface area (Å²) in [6.45, 7) is 1.72. The van der Waals surface area contributed by atoms with Gasteiger partial charge in [0.25, 0.3) is 0 Å². The summed E-state index contributed by atoms with van der Waals surface area (Å²) >= 11 is 0. The van der Waals surface area contributed by atoms with E-state index in [2.05, 4.69) is 20.6 Å². The average molecular weight is 432 g/mol. The normalized spacial score (nSPS) is 12.8. The molecule has 3 N–H and O–H groups in total. The molecule has 1 atom stereocenters. The van der Waals surface area contributed by atoms with Gasteiger partial charge in [-0.15, -0.1) is 15.3 Å². The summed E-state index contributed by atoms with van der Waals surface area (Å²) in [5.74, 6) is 1.38. The third-order valence-electron chi connectivity index (χ3n) is 4.92. The van der Waals surface area contributed by atoms with Crippen molar-refractivity contribution >= 4 is 27.9 Å². The van der Waals surface area contributed by atoms with Crippen LogP contribution >= 0.6 is 0 Å². The molecule has 0 aliphatic carbocycles. The fraction of sp³-hybridized carbons (Fsp3) is 0.250. The molecule has 2 aromatic carbocycles. The van der Waals surface area contributed by atoms with E-state index in [-0.39, 0.29) is 5.69 Å². The first-order valence-corrected chi connectivity index (χ1v) is 9.21. The molecule has 0 saturated carbocycles. The Labute approximate surface area is 174 Å². The van der Waals surface area contributed by atoms with E-state index in [0.717, 1.165) is 12.1 Å². The second-order valence-corrected chi connectivity index (χ2v) is 6.95. The molecule has 0 saturated heterocycles. The summed E-state index contributed by atoms with van der Waals surface area (Å²) in [6.07, 6.45) is -3.07. The van der Waals surface area contributed by atoms with Gasteiger partial charge in [-0.05, 0) is 42.8 Å². The molecule has 31 heavy (non-hydrogen) atoms. The Morgan fingerprint density at radius 2 is 1.71 bits per heavy atom. The van der Waals surface area contributed by atoms with Crippen LogP contribution in [-0.2, 0) is 6.18 Å². The maximum Gasteiger partial charge on any atom is 0.416 e. The molecule has 0 aliphatic heterocycles. The molecule has 0 aliphatic rings. The van der Waals surface area contributed by atoms with Gasteiger partial charge in [-0.3, -0.25) is 0 Å². The standard InChI is InChI=1S/C20H19F3N6O2/c1-10(11-4-12(20(21,22)23)6-13(24)5-11)26-18-14-7-16(30-2)17(31-3)8-15(14)19-27-25-9-29(19)28-18/h4-10H,24H2,1-3H3,(H,26,28)/t10-/m1/s1. The smallest absolute Gasteiger partial charge is 0.416 e. The lowest BCUT2D eigenvalue weighted by Gasteiger charge is -2.19. The average Bonchev–Trinajstić information content (AvgIpc) is 3.20. The number of ether oxygens (including phenoxy) is 2. The number of hydrogen-bond donors (Lipinski definition) is 2. The maximum absolute atomic E-state index is 13.2. The Balaban J connectivity index is 1.83. The summed E-state index contributed by atoms with van der Waals surface area (Å²) in [5.41, 5.74) is 5.79. The minimum Gasteiger partial charge on any atom is -0.493 e. The number of fused-ring (bicyclic) bond motifs is 3. The van der Waals surface area contributed by atoms with Crippen LogP contribution in [0.25, 0.3) is 16.4 Å². The highest BCUT2D eigenvalue weighted by Gasteiger charge is 2.31. The number of benzene rings is 2. The van der Waals surface area contributed by atoms with Crippen LogP contribution in [0, 0.1) is 0 Å². The number of nitrogen functional groups attached to an aromatic ring is 1. The first-order chi connectivity index (χ1) is 14.7. The van der Waals surface area contributed by atoms with Gasteiger partial charge >= 0.3 is 6.18 Å². The Kier molecular flexibility index (Phi) is 4.96. The van der Waals surface area contributed by atoms with Crippen molar-refractivity contribution in [1.29, 1.82) is 0 Å². The molecule has 4 rings (SSSR count). The molecule has 2 heterocycles. The first-order valence-electron chi connectivity index (χ1n) is 9.21. The van der Waals surface area contributed by atoms with Crippen molar-refractivity contribution in [2.75, 3.05) is 25.3 Å². The van der Waals surface area contributed by atoms with Crippen molar-refractivity contribution < 1.29 is 22.6 Å². The summed E-state index contributed by atoms with van der Waals surface area (Å²) in [6, 6.07) is 6.41. The van der Waals surface area contributed by atoms with Crippen LogP contribution in [0.1, 0.15) is 24.1 Å². The SMILES string of the molecule is COc1cc2c(N[C@H](C)c3cc(N)cc(C(F)(F)F)c3)nn3cnnc3c2cc1OC. The number of alkyl halides is 3. The highest BCUT2D eigenvalue weighted by molar-refractivity contribution is 6.01. The largest absolute Gasteiger partial charge is 0.493 e.